The number of rotatable bonds is 5. The van der Waals surface area contributed by atoms with Gasteiger partial charge in [0.15, 0.2) is 6.04 Å². The number of aliphatic hydroxyl groups is 1. The number of carbonyl (C=O) groups is 2. The van der Waals surface area contributed by atoms with Gasteiger partial charge in [0.1, 0.15) is 5.75 Å². The van der Waals surface area contributed by atoms with Crippen molar-refractivity contribution < 1.29 is 24.2 Å². The number of amides is 1. The molecule has 0 bridgehead atoms. The Kier molecular flexibility index (Phi) is 4.94. The van der Waals surface area contributed by atoms with Gasteiger partial charge in [-0.1, -0.05) is 6.07 Å². The second kappa shape index (κ2) is 6.90. The van der Waals surface area contributed by atoms with E-state index in [4.69, 9.17) is 9.84 Å². The van der Waals surface area contributed by atoms with Crippen LogP contribution in [0.2, 0.25) is 0 Å². The zero-order chi connectivity index (χ0) is 15.2. The van der Waals surface area contributed by atoms with E-state index in [1.54, 1.807) is 6.08 Å². The molecule has 1 amide bonds. The number of methoxy groups -OCH3 is 1. The summed E-state index contributed by atoms with van der Waals surface area (Å²) in [6, 6.07) is 4.61. The third-order valence-corrected chi connectivity index (χ3v) is 3.13. The summed E-state index contributed by atoms with van der Waals surface area (Å²) in [6.07, 6.45) is 3.81. The molecule has 1 aromatic rings. The van der Waals surface area contributed by atoms with E-state index in [9.17, 15) is 9.59 Å². The van der Waals surface area contributed by atoms with Crippen LogP contribution in [0.1, 0.15) is 11.1 Å². The van der Waals surface area contributed by atoms with Gasteiger partial charge in [0.05, 0.1) is 20.3 Å². The number of carbonyl (C=O) groups excluding carboxylic acids is 2. The van der Waals surface area contributed by atoms with E-state index in [1.807, 2.05) is 18.2 Å². The highest BCUT2D eigenvalue weighted by atomic mass is 16.5. The van der Waals surface area contributed by atoms with Crippen molar-refractivity contribution >= 4 is 18.0 Å². The molecule has 0 aliphatic carbocycles. The van der Waals surface area contributed by atoms with Gasteiger partial charge in [0.2, 0.25) is 5.91 Å². The van der Waals surface area contributed by atoms with E-state index in [-0.39, 0.29) is 0 Å². The van der Waals surface area contributed by atoms with Gasteiger partial charge in [-0.05, 0) is 29.3 Å². The smallest absolute Gasteiger partial charge is 0.330 e. The molecule has 6 heteroatoms. The lowest BCUT2D eigenvalue weighted by atomic mass is 10.1. The first-order valence-corrected chi connectivity index (χ1v) is 6.57. The highest BCUT2D eigenvalue weighted by Crippen LogP contribution is 2.26. The van der Waals surface area contributed by atoms with Crippen LogP contribution < -0.4 is 10.1 Å². The molecule has 0 aromatic heterocycles. The molecular formula is C15H17NO5. The lowest BCUT2D eigenvalue weighted by molar-refractivity contribution is -0.145. The van der Waals surface area contributed by atoms with Gasteiger partial charge in [-0.3, -0.25) is 4.79 Å². The number of benzene rings is 1. The quantitative estimate of drug-likeness (QED) is 0.601. The summed E-state index contributed by atoms with van der Waals surface area (Å²) in [7, 11) is 1.19. The summed E-state index contributed by atoms with van der Waals surface area (Å²) in [5.74, 6) is -0.284. The van der Waals surface area contributed by atoms with Crippen LogP contribution in [-0.2, 0) is 20.7 Å². The summed E-state index contributed by atoms with van der Waals surface area (Å²) in [5, 5.41) is 11.4. The van der Waals surface area contributed by atoms with E-state index < -0.39 is 24.5 Å². The zero-order valence-corrected chi connectivity index (χ0v) is 11.7. The average molecular weight is 291 g/mol. The van der Waals surface area contributed by atoms with Crippen molar-refractivity contribution in [3.05, 3.63) is 35.4 Å². The average Bonchev–Trinajstić information content (AvgIpc) is 2.97. The maximum Gasteiger partial charge on any atom is 0.330 e. The third-order valence-electron chi connectivity index (χ3n) is 3.13. The van der Waals surface area contributed by atoms with Crippen molar-refractivity contribution in [2.75, 3.05) is 20.3 Å². The lowest BCUT2D eigenvalue weighted by Gasteiger charge is -2.11. The fraction of sp³-hybridized carbons (Fsp3) is 0.333. The Bertz CT molecular complexity index is 567. The highest BCUT2D eigenvalue weighted by molar-refractivity contribution is 5.94. The largest absolute Gasteiger partial charge is 0.493 e. The van der Waals surface area contributed by atoms with E-state index in [2.05, 4.69) is 10.1 Å². The molecule has 1 heterocycles. The number of ether oxygens (including phenoxy) is 2. The Labute approximate surface area is 122 Å². The molecular weight excluding hydrogens is 274 g/mol. The van der Waals surface area contributed by atoms with Crippen LogP contribution in [0.4, 0.5) is 0 Å². The van der Waals surface area contributed by atoms with Gasteiger partial charge < -0.3 is 19.9 Å². The van der Waals surface area contributed by atoms with Crippen LogP contribution in [0.3, 0.4) is 0 Å². The topological polar surface area (TPSA) is 84.9 Å². The molecule has 0 saturated carbocycles. The standard InChI is InChI=1S/C15H17NO5/c1-20-15(19)12(9-17)16-14(18)5-3-10-2-4-13-11(8-10)6-7-21-13/h2-5,8,12,17H,6-7,9H2,1H3,(H,16,18)/b5-3+. The number of aliphatic hydroxyl groups excluding tert-OH is 1. The normalized spacial score (nSPS) is 14.4. The maximum absolute atomic E-state index is 11.7. The number of hydrogen-bond acceptors (Lipinski definition) is 5. The number of hydrogen-bond donors (Lipinski definition) is 2. The first kappa shape index (κ1) is 15.1. The molecule has 0 radical (unpaired) electrons. The Morgan fingerprint density at radius 3 is 3.05 bits per heavy atom. The molecule has 1 aromatic carbocycles. The SMILES string of the molecule is COC(=O)C(CO)NC(=O)/C=C/c1ccc2c(c1)CCO2. The minimum Gasteiger partial charge on any atom is -0.493 e. The minimum atomic E-state index is -1.06. The molecule has 0 spiro atoms. The van der Waals surface area contributed by atoms with Crippen LogP contribution in [0.15, 0.2) is 24.3 Å². The van der Waals surface area contributed by atoms with Gasteiger partial charge in [-0.15, -0.1) is 0 Å². The Hall–Kier alpha value is -2.34. The number of esters is 1. The number of nitrogens with one attached hydrogen (secondary N) is 1. The second-order valence-corrected chi connectivity index (χ2v) is 4.57. The van der Waals surface area contributed by atoms with Crippen molar-refractivity contribution in [2.45, 2.75) is 12.5 Å². The fourth-order valence-corrected chi connectivity index (χ4v) is 2.02. The van der Waals surface area contributed by atoms with Gasteiger partial charge in [0, 0.05) is 12.5 Å². The molecule has 2 N–H and O–H groups in total. The van der Waals surface area contributed by atoms with E-state index in [0.717, 1.165) is 23.3 Å². The lowest BCUT2D eigenvalue weighted by Crippen LogP contribution is -2.43. The molecule has 112 valence electrons. The Balaban J connectivity index is 1.97. The summed E-state index contributed by atoms with van der Waals surface area (Å²) in [6.45, 7) is 0.169. The first-order valence-electron chi connectivity index (χ1n) is 6.57. The molecule has 1 aliphatic heterocycles. The van der Waals surface area contributed by atoms with Gasteiger partial charge in [0.25, 0.3) is 0 Å². The first-order chi connectivity index (χ1) is 10.1. The molecule has 0 saturated heterocycles. The van der Waals surface area contributed by atoms with Crippen molar-refractivity contribution in [1.29, 1.82) is 0 Å². The maximum atomic E-state index is 11.7. The van der Waals surface area contributed by atoms with Crippen LogP contribution in [-0.4, -0.2) is 43.3 Å². The Morgan fingerprint density at radius 2 is 2.33 bits per heavy atom. The summed E-state index contributed by atoms with van der Waals surface area (Å²) in [4.78, 5) is 22.9. The fourth-order valence-electron chi connectivity index (χ4n) is 2.02. The molecule has 6 nitrogen and oxygen atoms in total. The van der Waals surface area contributed by atoms with Gasteiger partial charge in [-0.2, -0.15) is 0 Å². The number of fused-ring (bicyclic) bond motifs is 1. The molecule has 1 atom stereocenters. The molecule has 21 heavy (non-hydrogen) atoms. The predicted molar refractivity (Wildman–Crippen MR) is 75.7 cm³/mol. The van der Waals surface area contributed by atoms with E-state index in [1.165, 1.54) is 13.2 Å². The summed E-state index contributed by atoms with van der Waals surface area (Å²) in [5.41, 5.74) is 1.98. The van der Waals surface area contributed by atoms with Crippen molar-refractivity contribution in [3.63, 3.8) is 0 Å². The van der Waals surface area contributed by atoms with E-state index >= 15 is 0 Å². The van der Waals surface area contributed by atoms with Gasteiger partial charge >= 0.3 is 5.97 Å². The zero-order valence-electron chi connectivity index (χ0n) is 11.7. The van der Waals surface area contributed by atoms with Crippen molar-refractivity contribution in [1.82, 2.24) is 5.32 Å². The summed E-state index contributed by atoms with van der Waals surface area (Å²) >= 11 is 0. The monoisotopic (exact) mass is 291 g/mol. The van der Waals surface area contributed by atoms with Crippen molar-refractivity contribution in [2.24, 2.45) is 0 Å². The van der Waals surface area contributed by atoms with Gasteiger partial charge in [-0.25, -0.2) is 4.79 Å². The third kappa shape index (κ3) is 3.82. The van der Waals surface area contributed by atoms with Crippen molar-refractivity contribution in [3.8, 4) is 5.75 Å². The molecule has 1 unspecified atom stereocenters. The molecule has 1 aliphatic rings. The minimum absolute atomic E-state index is 0.476. The second-order valence-electron chi connectivity index (χ2n) is 4.57. The molecule has 0 fully saturated rings. The predicted octanol–water partition coefficient (Wildman–Crippen LogP) is 0.285. The van der Waals surface area contributed by atoms with Crippen LogP contribution in [0.25, 0.3) is 6.08 Å². The van der Waals surface area contributed by atoms with Crippen LogP contribution in [0.5, 0.6) is 5.75 Å². The van der Waals surface area contributed by atoms with E-state index in [0.29, 0.717) is 6.61 Å². The van der Waals surface area contributed by atoms with Crippen LogP contribution in [0, 0.1) is 0 Å². The summed E-state index contributed by atoms with van der Waals surface area (Å²) < 4.78 is 9.87. The molecule has 2 rings (SSSR count). The van der Waals surface area contributed by atoms with Crippen LogP contribution >= 0.6 is 0 Å². The Morgan fingerprint density at radius 1 is 1.52 bits per heavy atom. The highest BCUT2D eigenvalue weighted by Gasteiger charge is 2.19.